The topological polar surface area (TPSA) is 117 Å². The summed E-state index contributed by atoms with van der Waals surface area (Å²) in [5, 5.41) is 8.61. The minimum absolute atomic E-state index is 0.207. The summed E-state index contributed by atoms with van der Waals surface area (Å²) < 4.78 is 25.3. The highest BCUT2D eigenvalue weighted by atomic mass is 127. The monoisotopic (exact) mass is 728 g/mol. The minimum atomic E-state index is -0.358. The maximum atomic E-state index is 13.7. The number of hydrogen-bond donors (Lipinski definition) is 1. The van der Waals surface area contributed by atoms with Crippen LogP contribution in [0.2, 0.25) is 0 Å². The summed E-state index contributed by atoms with van der Waals surface area (Å²) in [7, 11) is 1.59. The number of nitrogens with one attached hydrogen (secondary N) is 1. The Balaban J connectivity index is 1.34. The first-order chi connectivity index (χ1) is 22.4. The van der Waals surface area contributed by atoms with Crippen molar-refractivity contribution in [1.82, 2.24) is 9.66 Å². The summed E-state index contributed by atoms with van der Waals surface area (Å²) in [6.07, 6.45) is 1.55. The normalized spacial score (nSPS) is 11.3. The number of methoxy groups -OCH3 is 1. The molecule has 0 fully saturated rings. The fourth-order valence-electron chi connectivity index (χ4n) is 4.94. The zero-order valence-corrected chi connectivity index (χ0v) is 27.4. The molecular weight excluding hydrogens is 699 g/mol. The number of ether oxygens (including phenoxy) is 3. The number of amides is 1. The van der Waals surface area contributed by atoms with Gasteiger partial charge in [0.2, 0.25) is 5.82 Å². The second kappa shape index (κ2) is 13.4. The molecule has 2 aromatic heterocycles. The summed E-state index contributed by atoms with van der Waals surface area (Å²) in [5.41, 5.74) is 3.06. The van der Waals surface area contributed by atoms with Gasteiger partial charge in [0.05, 0.1) is 39.8 Å². The van der Waals surface area contributed by atoms with E-state index in [9.17, 15) is 9.59 Å². The van der Waals surface area contributed by atoms with E-state index in [2.05, 4.69) is 33.0 Å². The number of anilines is 1. The van der Waals surface area contributed by atoms with Crippen LogP contribution >= 0.6 is 22.6 Å². The summed E-state index contributed by atoms with van der Waals surface area (Å²) in [5.74, 6) is 1.80. The Labute approximate surface area is 277 Å². The smallest absolute Gasteiger partial charge is 0.282 e. The predicted octanol–water partition coefficient (Wildman–Crippen LogP) is 7.03. The number of nitrogens with zero attached hydrogens (tertiary/aromatic N) is 3. The molecule has 4 aromatic carbocycles. The van der Waals surface area contributed by atoms with Gasteiger partial charge in [0.25, 0.3) is 11.5 Å². The van der Waals surface area contributed by atoms with Crippen LogP contribution in [-0.2, 0) is 4.79 Å². The molecule has 0 aliphatic carbocycles. The largest absolute Gasteiger partial charge is 0.496 e. The van der Waals surface area contributed by atoms with Crippen LogP contribution in [0, 0.1) is 10.5 Å². The lowest BCUT2D eigenvalue weighted by Gasteiger charge is -2.15. The van der Waals surface area contributed by atoms with E-state index < -0.39 is 0 Å². The highest BCUT2D eigenvalue weighted by Crippen LogP contribution is 2.35. The van der Waals surface area contributed by atoms with Gasteiger partial charge in [-0.25, -0.2) is 4.98 Å². The number of carbonyl (C=O) groups excluding carboxylic acids is 1. The maximum Gasteiger partial charge on any atom is 0.282 e. The second-order valence-electron chi connectivity index (χ2n) is 10.2. The van der Waals surface area contributed by atoms with E-state index in [-0.39, 0.29) is 23.9 Å². The SMILES string of the molecule is CCOc1cc(C=Nn2c(-c3cc4c(OC)cccc4o3)nc3ccccc3c2=O)cc(I)c1OCC(=O)Nc1ccccc1C. The molecule has 0 spiro atoms. The quantitative estimate of drug-likeness (QED) is 0.119. The van der Waals surface area contributed by atoms with Gasteiger partial charge in [0, 0.05) is 5.69 Å². The fraction of sp³-hybridized carbons (Fsp3) is 0.143. The predicted molar refractivity (Wildman–Crippen MR) is 186 cm³/mol. The van der Waals surface area contributed by atoms with Crippen LogP contribution in [0.3, 0.4) is 0 Å². The standard InChI is InChI=1S/C35H29IN4O6/c1-4-44-30-17-22(16-25(36)33(30)45-20-32(41)38-26-12-7-5-10-21(26)2)19-37-40-34(39-27-13-8-6-11-23(27)35(40)42)31-18-24-28(43-3)14-9-15-29(24)46-31/h5-19H,4,20H2,1-3H3,(H,38,41). The Morgan fingerprint density at radius 3 is 2.61 bits per heavy atom. The minimum Gasteiger partial charge on any atom is -0.496 e. The van der Waals surface area contributed by atoms with Gasteiger partial charge in [-0.15, -0.1) is 0 Å². The lowest BCUT2D eigenvalue weighted by atomic mass is 10.2. The maximum absolute atomic E-state index is 13.7. The summed E-state index contributed by atoms with van der Waals surface area (Å²) in [6.45, 7) is 3.95. The van der Waals surface area contributed by atoms with Crippen LogP contribution in [0.25, 0.3) is 33.5 Å². The lowest BCUT2D eigenvalue weighted by molar-refractivity contribution is -0.118. The highest BCUT2D eigenvalue weighted by molar-refractivity contribution is 14.1. The van der Waals surface area contributed by atoms with Crippen molar-refractivity contribution in [3.63, 3.8) is 0 Å². The molecular formula is C35H29IN4O6. The summed E-state index contributed by atoms with van der Waals surface area (Å²) in [6, 6.07) is 25.5. The average molecular weight is 729 g/mol. The van der Waals surface area contributed by atoms with Gasteiger partial charge in [-0.05, 0) is 96.1 Å². The Hall–Kier alpha value is -5.17. The summed E-state index contributed by atoms with van der Waals surface area (Å²) in [4.78, 5) is 31.1. The van der Waals surface area contributed by atoms with Crippen LogP contribution in [0.5, 0.6) is 17.2 Å². The molecule has 6 aromatic rings. The Bertz CT molecular complexity index is 2170. The molecule has 0 saturated heterocycles. The number of para-hydroxylation sites is 2. The van der Waals surface area contributed by atoms with E-state index in [1.807, 2.05) is 68.4 Å². The van der Waals surface area contributed by atoms with Crippen LogP contribution in [0.1, 0.15) is 18.1 Å². The van der Waals surface area contributed by atoms with Crippen molar-refractivity contribution in [2.45, 2.75) is 13.8 Å². The molecule has 46 heavy (non-hydrogen) atoms. The van der Waals surface area contributed by atoms with Crippen LogP contribution in [-0.4, -0.2) is 42.1 Å². The van der Waals surface area contributed by atoms with Crippen LogP contribution in [0.4, 0.5) is 5.69 Å². The van der Waals surface area contributed by atoms with Gasteiger partial charge in [0.15, 0.2) is 23.9 Å². The fourth-order valence-corrected chi connectivity index (χ4v) is 5.72. The first-order valence-electron chi connectivity index (χ1n) is 14.4. The number of aryl methyl sites for hydroxylation is 1. The van der Waals surface area contributed by atoms with Crippen molar-refractivity contribution in [3.8, 4) is 28.8 Å². The van der Waals surface area contributed by atoms with Crippen molar-refractivity contribution in [2.24, 2.45) is 5.10 Å². The number of halogens is 1. The van der Waals surface area contributed by atoms with Crippen molar-refractivity contribution in [1.29, 1.82) is 0 Å². The van der Waals surface area contributed by atoms with E-state index in [0.29, 0.717) is 55.2 Å². The van der Waals surface area contributed by atoms with E-state index in [1.165, 1.54) is 4.68 Å². The van der Waals surface area contributed by atoms with Crippen molar-refractivity contribution in [2.75, 3.05) is 25.6 Å². The third-order valence-corrected chi connectivity index (χ3v) is 7.94. The molecule has 0 radical (unpaired) electrons. The van der Waals surface area contributed by atoms with Gasteiger partial charge >= 0.3 is 0 Å². The van der Waals surface area contributed by atoms with Gasteiger partial charge < -0.3 is 23.9 Å². The Morgan fingerprint density at radius 2 is 1.80 bits per heavy atom. The van der Waals surface area contributed by atoms with Crippen molar-refractivity contribution < 1.29 is 23.4 Å². The number of aromatic nitrogens is 2. The number of hydrogen-bond acceptors (Lipinski definition) is 8. The molecule has 6 rings (SSSR count). The third kappa shape index (κ3) is 6.31. The van der Waals surface area contributed by atoms with Crippen molar-refractivity contribution >= 4 is 62.3 Å². The number of carbonyl (C=O) groups is 1. The van der Waals surface area contributed by atoms with Gasteiger partial charge in [-0.2, -0.15) is 9.78 Å². The molecule has 0 aliphatic rings. The molecule has 232 valence electrons. The molecule has 0 bridgehead atoms. The Kier molecular flexibility index (Phi) is 9.01. The molecule has 0 aliphatic heterocycles. The number of fused-ring (bicyclic) bond motifs is 2. The molecule has 10 nitrogen and oxygen atoms in total. The summed E-state index contributed by atoms with van der Waals surface area (Å²) >= 11 is 2.12. The van der Waals surface area contributed by atoms with Gasteiger partial charge in [-0.1, -0.05) is 36.4 Å². The molecule has 2 heterocycles. The lowest BCUT2D eigenvalue weighted by Crippen LogP contribution is -2.21. The average Bonchev–Trinajstić information content (AvgIpc) is 3.50. The first-order valence-corrected chi connectivity index (χ1v) is 15.5. The van der Waals surface area contributed by atoms with Gasteiger partial charge in [0.1, 0.15) is 11.3 Å². The zero-order chi connectivity index (χ0) is 32.2. The molecule has 0 atom stereocenters. The van der Waals surface area contributed by atoms with Gasteiger partial charge in [-0.3, -0.25) is 9.59 Å². The molecule has 11 heteroatoms. The molecule has 1 N–H and O–H groups in total. The number of rotatable bonds is 10. The van der Waals surface area contributed by atoms with Crippen LogP contribution < -0.4 is 25.1 Å². The van der Waals surface area contributed by atoms with E-state index in [1.54, 1.807) is 43.7 Å². The number of benzene rings is 4. The zero-order valence-electron chi connectivity index (χ0n) is 25.2. The molecule has 1 amide bonds. The molecule has 0 saturated carbocycles. The van der Waals surface area contributed by atoms with E-state index in [0.717, 1.165) is 16.6 Å². The molecule has 0 unspecified atom stereocenters. The van der Waals surface area contributed by atoms with E-state index in [4.69, 9.17) is 23.6 Å². The van der Waals surface area contributed by atoms with E-state index >= 15 is 0 Å². The number of furan rings is 1. The highest BCUT2D eigenvalue weighted by Gasteiger charge is 2.19. The van der Waals surface area contributed by atoms with Crippen molar-refractivity contribution in [3.05, 3.63) is 110 Å². The van der Waals surface area contributed by atoms with Crippen LogP contribution in [0.15, 0.2) is 99.2 Å². The third-order valence-electron chi connectivity index (χ3n) is 7.14. The second-order valence-corrected chi connectivity index (χ2v) is 11.4. The Morgan fingerprint density at radius 1 is 1.00 bits per heavy atom. The first kappa shape index (κ1) is 30.8.